The molecule has 0 bridgehead atoms. The number of halogens is 1. The van der Waals surface area contributed by atoms with Gasteiger partial charge in [0, 0.05) is 59.5 Å². The fraction of sp³-hybridized carbons (Fsp3) is 0.812. The summed E-state index contributed by atoms with van der Waals surface area (Å²) in [6.07, 6.45) is 1.17. The van der Waals surface area contributed by atoms with E-state index in [0.717, 1.165) is 51.9 Å². The lowest BCUT2D eigenvalue weighted by Crippen LogP contribution is -2.54. The lowest BCUT2D eigenvalue weighted by molar-refractivity contribution is -0.124. The first-order valence-corrected chi connectivity index (χ1v) is 9.01. The number of carbonyl (C=O) groups is 2. The number of ether oxygens (including phenoxy) is 1. The summed E-state index contributed by atoms with van der Waals surface area (Å²) in [5.74, 6) is 1.33. The van der Waals surface area contributed by atoms with Crippen LogP contribution in [0.25, 0.3) is 0 Å². The second-order valence-electron chi connectivity index (χ2n) is 6.70. The monoisotopic (exact) mass is 480 g/mol. The van der Waals surface area contributed by atoms with Gasteiger partial charge in [0.05, 0.1) is 13.2 Å². The molecule has 0 aromatic carbocycles. The van der Waals surface area contributed by atoms with E-state index in [1.807, 2.05) is 0 Å². The smallest absolute Gasteiger partial charge is 0.324 e. The number of amides is 3. The van der Waals surface area contributed by atoms with Gasteiger partial charge in [0.15, 0.2) is 5.96 Å². The van der Waals surface area contributed by atoms with Crippen LogP contribution in [0.5, 0.6) is 0 Å². The fourth-order valence-electron chi connectivity index (χ4n) is 3.53. The normalized spacial score (nSPS) is 24.7. The van der Waals surface area contributed by atoms with E-state index in [9.17, 15) is 9.59 Å². The molecule has 0 saturated carbocycles. The number of rotatable bonds is 5. The highest BCUT2D eigenvalue weighted by Crippen LogP contribution is 2.15. The molecule has 0 aromatic rings. The molecule has 0 aromatic heterocycles. The van der Waals surface area contributed by atoms with E-state index >= 15 is 0 Å². The maximum atomic E-state index is 11.6. The number of imide groups is 1. The van der Waals surface area contributed by atoms with Crippen molar-refractivity contribution < 1.29 is 14.3 Å². The van der Waals surface area contributed by atoms with Crippen molar-refractivity contribution in [2.75, 3.05) is 72.6 Å². The van der Waals surface area contributed by atoms with Crippen LogP contribution in [-0.4, -0.2) is 105 Å². The van der Waals surface area contributed by atoms with Crippen molar-refractivity contribution in [3.05, 3.63) is 0 Å². The Kier molecular flexibility index (Phi) is 8.35. The van der Waals surface area contributed by atoms with E-state index in [0.29, 0.717) is 19.0 Å². The predicted octanol–water partition coefficient (Wildman–Crippen LogP) is -0.614. The average molecular weight is 480 g/mol. The maximum Gasteiger partial charge on any atom is 0.324 e. The van der Waals surface area contributed by atoms with Crippen molar-refractivity contribution in [2.45, 2.75) is 6.42 Å². The SMILES string of the molecule is CN=C(NCCN1C(=O)CNC1=O)N1CCN(CC2CCOC2)CC1.I. The van der Waals surface area contributed by atoms with E-state index in [1.165, 1.54) is 11.3 Å². The Hall–Kier alpha value is -1.14. The maximum absolute atomic E-state index is 11.6. The topological polar surface area (TPSA) is 89.5 Å². The van der Waals surface area contributed by atoms with Crippen molar-refractivity contribution >= 4 is 41.9 Å². The summed E-state index contributed by atoms with van der Waals surface area (Å²) >= 11 is 0. The molecule has 9 nitrogen and oxygen atoms in total. The molecule has 3 amide bonds. The number of nitrogens with zero attached hydrogens (tertiary/aromatic N) is 4. The Morgan fingerprint density at radius 1 is 1.31 bits per heavy atom. The van der Waals surface area contributed by atoms with Gasteiger partial charge in [0.25, 0.3) is 0 Å². The zero-order valence-corrected chi connectivity index (χ0v) is 17.6. The number of urea groups is 1. The van der Waals surface area contributed by atoms with E-state index in [4.69, 9.17) is 4.74 Å². The molecular weight excluding hydrogens is 451 g/mol. The van der Waals surface area contributed by atoms with E-state index in [2.05, 4.69) is 25.4 Å². The molecule has 2 N–H and O–H groups in total. The molecule has 3 saturated heterocycles. The summed E-state index contributed by atoms with van der Waals surface area (Å²) in [5.41, 5.74) is 0. The van der Waals surface area contributed by atoms with Crippen LogP contribution in [0.4, 0.5) is 4.79 Å². The lowest BCUT2D eigenvalue weighted by atomic mass is 10.1. The molecule has 10 heteroatoms. The van der Waals surface area contributed by atoms with Gasteiger partial charge in [0.1, 0.15) is 0 Å². The number of carbonyl (C=O) groups excluding carboxylic acids is 2. The summed E-state index contributed by atoms with van der Waals surface area (Å²) in [6.45, 7) is 7.76. The number of hydrogen-bond acceptors (Lipinski definition) is 5. The first kappa shape index (κ1) is 21.2. The molecule has 3 heterocycles. The Labute approximate surface area is 171 Å². The summed E-state index contributed by atoms with van der Waals surface area (Å²) < 4.78 is 5.45. The summed E-state index contributed by atoms with van der Waals surface area (Å²) in [4.78, 5) is 33.4. The number of piperazine rings is 1. The van der Waals surface area contributed by atoms with Gasteiger partial charge in [-0.2, -0.15) is 0 Å². The molecular formula is C16H29IN6O3. The third-order valence-electron chi connectivity index (χ3n) is 4.98. The molecule has 0 aliphatic carbocycles. The van der Waals surface area contributed by atoms with Gasteiger partial charge >= 0.3 is 6.03 Å². The van der Waals surface area contributed by atoms with Gasteiger partial charge in [-0.1, -0.05) is 0 Å². The molecule has 1 atom stereocenters. The summed E-state index contributed by atoms with van der Waals surface area (Å²) in [7, 11) is 1.76. The minimum atomic E-state index is -0.314. The van der Waals surface area contributed by atoms with Crippen molar-refractivity contribution in [1.82, 2.24) is 25.3 Å². The van der Waals surface area contributed by atoms with Crippen LogP contribution in [0.2, 0.25) is 0 Å². The van der Waals surface area contributed by atoms with Gasteiger partial charge in [-0.3, -0.25) is 19.6 Å². The summed E-state index contributed by atoms with van der Waals surface area (Å²) in [5, 5.41) is 5.78. The molecule has 0 spiro atoms. The highest BCUT2D eigenvalue weighted by atomic mass is 127. The van der Waals surface area contributed by atoms with Gasteiger partial charge < -0.3 is 20.3 Å². The second kappa shape index (κ2) is 10.3. The van der Waals surface area contributed by atoms with Crippen molar-refractivity contribution in [1.29, 1.82) is 0 Å². The van der Waals surface area contributed by atoms with Crippen LogP contribution in [0.3, 0.4) is 0 Å². The highest BCUT2D eigenvalue weighted by Gasteiger charge is 2.28. The zero-order chi connectivity index (χ0) is 17.6. The third kappa shape index (κ3) is 5.43. The van der Waals surface area contributed by atoms with Crippen LogP contribution < -0.4 is 10.6 Å². The predicted molar refractivity (Wildman–Crippen MR) is 109 cm³/mol. The van der Waals surface area contributed by atoms with Gasteiger partial charge in [-0.15, -0.1) is 24.0 Å². The quantitative estimate of drug-likeness (QED) is 0.236. The Balaban J connectivity index is 0.00000243. The molecule has 26 heavy (non-hydrogen) atoms. The van der Waals surface area contributed by atoms with Gasteiger partial charge in [0.2, 0.25) is 5.91 Å². The largest absolute Gasteiger partial charge is 0.381 e. The van der Waals surface area contributed by atoms with Crippen LogP contribution >= 0.6 is 24.0 Å². The van der Waals surface area contributed by atoms with Crippen LogP contribution in [0.15, 0.2) is 4.99 Å². The van der Waals surface area contributed by atoms with Crippen molar-refractivity contribution in [3.8, 4) is 0 Å². The number of nitrogens with one attached hydrogen (secondary N) is 2. The van der Waals surface area contributed by atoms with E-state index in [-0.39, 0.29) is 42.5 Å². The van der Waals surface area contributed by atoms with E-state index < -0.39 is 0 Å². The van der Waals surface area contributed by atoms with Crippen LogP contribution in [0.1, 0.15) is 6.42 Å². The number of guanidine groups is 1. The first-order chi connectivity index (χ1) is 12.2. The minimum Gasteiger partial charge on any atom is -0.381 e. The zero-order valence-electron chi connectivity index (χ0n) is 15.3. The van der Waals surface area contributed by atoms with Crippen molar-refractivity contribution in [3.63, 3.8) is 0 Å². The average Bonchev–Trinajstić information content (AvgIpc) is 3.24. The number of aliphatic imine (C=N–C) groups is 1. The third-order valence-corrected chi connectivity index (χ3v) is 4.98. The van der Waals surface area contributed by atoms with E-state index in [1.54, 1.807) is 7.05 Å². The first-order valence-electron chi connectivity index (χ1n) is 9.01. The van der Waals surface area contributed by atoms with Crippen LogP contribution in [-0.2, 0) is 9.53 Å². The Morgan fingerprint density at radius 2 is 2.08 bits per heavy atom. The number of hydrogen-bond donors (Lipinski definition) is 2. The van der Waals surface area contributed by atoms with Crippen molar-refractivity contribution in [2.24, 2.45) is 10.9 Å². The fourth-order valence-corrected chi connectivity index (χ4v) is 3.53. The minimum absolute atomic E-state index is 0. The van der Waals surface area contributed by atoms with Gasteiger partial charge in [-0.25, -0.2) is 4.79 Å². The molecule has 0 radical (unpaired) electrons. The molecule has 3 aliphatic rings. The molecule has 3 aliphatic heterocycles. The second-order valence-corrected chi connectivity index (χ2v) is 6.70. The lowest BCUT2D eigenvalue weighted by Gasteiger charge is -2.37. The van der Waals surface area contributed by atoms with Gasteiger partial charge in [-0.05, 0) is 12.3 Å². The summed E-state index contributed by atoms with van der Waals surface area (Å²) in [6, 6.07) is -0.314. The molecule has 1 unspecified atom stereocenters. The molecule has 148 valence electrons. The Morgan fingerprint density at radius 3 is 2.65 bits per heavy atom. The highest BCUT2D eigenvalue weighted by molar-refractivity contribution is 14.0. The molecule has 3 fully saturated rings. The standard InChI is InChI=1S/C16H28N6O3.HI/c1-17-15(18-3-4-22-14(23)10-19-16(22)24)21-7-5-20(6-8-21)11-13-2-9-25-12-13;/h13H,2-12H2,1H3,(H,17,18)(H,19,24);1H. The Bertz CT molecular complexity index is 502. The van der Waals surface area contributed by atoms with Crippen LogP contribution in [0, 0.1) is 5.92 Å². The molecule has 3 rings (SSSR count).